The van der Waals surface area contributed by atoms with Gasteiger partial charge in [0.2, 0.25) is 0 Å². The number of thioether (sulfide) groups is 1. The summed E-state index contributed by atoms with van der Waals surface area (Å²) in [6.07, 6.45) is 4.38. The molecule has 1 rings (SSSR count). The lowest BCUT2D eigenvalue weighted by atomic mass is 10.2. The minimum atomic E-state index is -0.153. The van der Waals surface area contributed by atoms with Gasteiger partial charge in [-0.25, -0.2) is 4.39 Å². The van der Waals surface area contributed by atoms with E-state index in [1.165, 1.54) is 18.2 Å². The summed E-state index contributed by atoms with van der Waals surface area (Å²) in [5.41, 5.74) is 1.63. The molecule has 1 aromatic rings. The molecule has 0 unspecified atom stereocenters. The van der Waals surface area contributed by atoms with E-state index in [4.69, 9.17) is 0 Å². The summed E-state index contributed by atoms with van der Waals surface area (Å²) in [4.78, 5) is 0. The molecular weight excluding hydrogens is 209 g/mol. The van der Waals surface area contributed by atoms with Crippen molar-refractivity contribution in [3.05, 3.63) is 29.6 Å². The Hall–Kier alpha value is -0.700. The zero-order chi connectivity index (χ0) is 11.1. The van der Waals surface area contributed by atoms with E-state index in [-0.39, 0.29) is 5.82 Å². The van der Waals surface area contributed by atoms with Gasteiger partial charge in [0.15, 0.2) is 0 Å². The predicted molar refractivity (Wildman–Crippen MR) is 67.2 cm³/mol. The maximum absolute atomic E-state index is 13.4. The predicted octanol–water partition coefficient (Wildman–Crippen LogP) is 3.69. The molecule has 0 radical (unpaired) electrons. The number of unbranched alkanes of at least 4 members (excludes halogenated alkanes) is 1. The smallest absolute Gasteiger partial charge is 0.146 e. The average molecular weight is 227 g/mol. The molecule has 0 saturated carbocycles. The third kappa shape index (κ3) is 4.12. The lowest BCUT2D eigenvalue weighted by Gasteiger charge is -2.09. The topological polar surface area (TPSA) is 12.0 Å². The first kappa shape index (κ1) is 12.4. The molecule has 0 aliphatic heterocycles. The number of hydrogen-bond donors (Lipinski definition) is 1. The normalized spacial score (nSPS) is 10.3. The fraction of sp³-hybridized carbons (Fsp3) is 0.500. The monoisotopic (exact) mass is 227 g/mol. The molecule has 0 aromatic heterocycles. The Morgan fingerprint density at radius 3 is 2.80 bits per heavy atom. The van der Waals surface area contributed by atoms with Crippen LogP contribution in [-0.2, 0) is 0 Å². The van der Waals surface area contributed by atoms with E-state index < -0.39 is 0 Å². The van der Waals surface area contributed by atoms with Crippen LogP contribution in [0.15, 0.2) is 18.2 Å². The number of rotatable bonds is 6. The fourth-order valence-corrected chi connectivity index (χ4v) is 1.93. The summed E-state index contributed by atoms with van der Waals surface area (Å²) in [6.45, 7) is 2.77. The van der Waals surface area contributed by atoms with E-state index in [0.717, 1.165) is 18.5 Å². The van der Waals surface area contributed by atoms with E-state index in [0.29, 0.717) is 5.69 Å². The molecule has 1 N–H and O–H groups in total. The molecule has 0 bridgehead atoms. The molecule has 1 aromatic carbocycles. The maximum Gasteiger partial charge on any atom is 0.146 e. The summed E-state index contributed by atoms with van der Waals surface area (Å²) >= 11 is 1.85. The van der Waals surface area contributed by atoms with Crippen LogP contribution >= 0.6 is 11.8 Å². The highest BCUT2D eigenvalue weighted by Gasteiger charge is 2.03. The Morgan fingerprint density at radius 2 is 2.13 bits per heavy atom. The van der Waals surface area contributed by atoms with Gasteiger partial charge in [-0.2, -0.15) is 11.8 Å². The molecule has 0 spiro atoms. The van der Waals surface area contributed by atoms with E-state index in [9.17, 15) is 4.39 Å². The summed E-state index contributed by atoms with van der Waals surface area (Å²) in [6, 6.07) is 5.16. The Morgan fingerprint density at radius 1 is 1.33 bits per heavy atom. The van der Waals surface area contributed by atoms with Gasteiger partial charge in [0, 0.05) is 6.54 Å². The van der Waals surface area contributed by atoms with Crippen molar-refractivity contribution in [3.8, 4) is 0 Å². The van der Waals surface area contributed by atoms with Crippen molar-refractivity contribution in [2.75, 3.05) is 23.9 Å². The summed E-state index contributed by atoms with van der Waals surface area (Å²) in [5.74, 6) is 1.03. The third-order valence-electron chi connectivity index (χ3n) is 2.30. The average Bonchev–Trinajstić information content (AvgIpc) is 2.21. The molecule has 0 saturated heterocycles. The van der Waals surface area contributed by atoms with Crippen LogP contribution in [0.2, 0.25) is 0 Å². The van der Waals surface area contributed by atoms with Crippen molar-refractivity contribution in [2.45, 2.75) is 19.8 Å². The first-order valence-electron chi connectivity index (χ1n) is 5.23. The first-order chi connectivity index (χ1) is 7.25. The van der Waals surface area contributed by atoms with Crippen LogP contribution in [0.5, 0.6) is 0 Å². The van der Waals surface area contributed by atoms with Gasteiger partial charge in [-0.15, -0.1) is 0 Å². The van der Waals surface area contributed by atoms with E-state index >= 15 is 0 Å². The van der Waals surface area contributed by atoms with Crippen molar-refractivity contribution in [2.24, 2.45) is 0 Å². The summed E-state index contributed by atoms with van der Waals surface area (Å²) in [7, 11) is 0. The standard InChI is InChI=1S/C12H18FNS/c1-10-6-5-7-11(13)12(10)14-8-3-4-9-15-2/h5-7,14H,3-4,8-9H2,1-2H3. The van der Waals surface area contributed by atoms with Crippen LogP contribution in [0.1, 0.15) is 18.4 Å². The third-order valence-corrected chi connectivity index (χ3v) is 3.00. The van der Waals surface area contributed by atoms with Crippen LogP contribution in [0, 0.1) is 12.7 Å². The van der Waals surface area contributed by atoms with Crippen molar-refractivity contribution in [1.29, 1.82) is 0 Å². The molecule has 0 amide bonds. The second-order valence-electron chi connectivity index (χ2n) is 3.56. The number of aryl methyl sites for hydroxylation is 1. The number of halogens is 1. The molecule has 0 aliphatic rings. The summed E-state index contributed by atoms with van der Waals surface area (Å²) in [5, 5.41) is 3.16. The second-order valence-corrected chi connectivity index (χ2v) is 4.54. The van der Waals surface area contributed by atoms with Gasteiger partial charge < -0.3 is 5.32 Å². The van der Waals surface area contributed by atoms with Crippen molar-refractivity contribution in [1.82, 2.24) is 0 Å². The SMILES string of the molecule is CSCCCCNc1c(C)cccc1F. The lowest BCUT2D eigenvalue weighted by molar-refractivity contribution is 0.628. The van der Waals surface area contributed by atoms with Gasteiger partial charge in [-0.05, 0) is 43.4 Å². The lowest BCUT2D eigenvalue weighted by Crippen LogP contribution is -2.05. The number of benzene rings is 1. The second kappa shape index (κ2) is 6.72. The maximum atomic E-state index is 13.4. The van der Waals surface area contributed by atoms with Crippen LogP contribution in [0.25, 0.3) is 0 Å². The molecule has 3 heteroatoms. The zero-order valence-corrected chi connectivity index (χ0v) is 10.2. The van der Waals surface area contributed by atoms with Gasteiger partial charge in [0.05, 0.1) is 5.69 Å². The molecule has 0 fully saturated rings. The number of para-hydroxylation sites is 1. The Kier molecular flexibility index (Phi) is 5.54. The number of nitrogens with one attached hydrogen (secondary N) is 1. The Balaban J connectivity index is 2.37. The fourth-order valence-electron chi connectivity index (χ4n) is 1.44. The van der Waals surface area contributed by atoms with Gasteiger partial charge in [-0.1, -0.05) is 12.1 Å². The van der Waals surface area contributed by atoms with Crippen molar-refractivity contribution < 1.29 is 4.39 Å². The molecule has 0 heterocycles. The van der Waals surface area contributed by atoms with Crippen LogP contribution in [0.3, 0.4) is 0 Å². The highest BCUT2D eigenvalue weighted by molar-refractivity contribution is 7.98. The molecule has 84 valence electrons. The first-order valence-corrected chi connectivity index (χ1v) is 6.63. The van der Waals surface area contributed by atoms with Crippen LogP contribution in [-0.4, -0.2) is 18.6 Å². The molecule has 0 atom stereocenters. The van der Waals surface area contributed by atoms with Gasteiger partial charge >= 0.3 is 0 Å². The van der Waals surface area contributed by atoms with E-state index in [1.807, 2.05) is 24.8 Å². The summed E-state index contributed by atoms with van der Waals surface area (Å²) < 4.78 is 13.4. The van der Waals surface area contributed by atoms with Crippen LogP contribution < -0.4 is 5.32 Å². The van der Waals surface area contributed by atoms with E-state index in [2.05, 4.69) is 11.6 Å². The molecule has 1 nitrogen and oxygen atoms in total. The molecular formula is C12H18FNS. The molecule has 15 heavy (non-hydrogen) atoms. The van der Waals surface area contributed by atoms with Crippen LogP contribution in [0.4, 0.5) is 10.1 Å². The van der Waals surface area contributed by atoms with Crippen molar-refractivity contribution in [3.63, 3.8) is 0 Å². The minimum absolute atomic E-state index is 0.153. The highest BCUT2D eigenvalue weighted by Crippen LogP contribution is 2.18. The molecule has 0 aliphatic carbocycles. The highest BCUT2D eigenvalue weighted by atomic mass is 32.2. The Labute approximate surface area is 95.5 Å². The van der Waals surface area contributed by atoms with Gasteiger partial charge in [0.1, 0.15) is 5.82 Å². The quantitative estimate of drug-likeness (QED) is 0.744. The van der Waals surface area contributed by atoms with E-state index in [1.54, 1.807) is 6.07 Å². The largest absolute Gasteiger partial charge is 0.382 e. The zero-order valence-electron chi connectivity index (χ0n) is 9.35. The number of anilines is 1. The number of hydrogen-bond acceptors (Lipinski definition) is 2. The van der Waals surface area contributed by atoms with Crippen molar-refractivity contribution >= 4 is 17.4 Å². The Bertz CT molecular complexity index is 281. The minimum Gasteiger partial charge on any atom is -0.382 e. The van der Waals surface area contributed by atoms with Gasteiger partial charge in [0.25, 0.3) is 0 Å². The van der Waals surface area contributed by atoms with Gasteiger partial charge in [-0.3, -0.25) is 0 Å².